The summed E-state index contributed by atoms with van der Waals surface area (Å²) in [6.45, 7) is 2.03. The predicted octanol–water partition coefficient (Wildman–Crippen LogP) is 3.55. The number of carbonyl (C=O) groups excluding carboxylic acids is 1. The van der Waals surface area contributed by atoms with E-state index in [2.05, 4.69) is 36.2 Å². The predicted molar refractivity (Wildman–Crippen MR) is 158 cm³/mol. The van der Waals surface area contributed by atoms with Crippen LogP contribution >= 0.6 is 15.9 Å². The van der Waals surface area contributed by atoms with Gasteiger partial charge in [-0.15, -0.1) is 0 Å². The number of fused-ring (bicyclic) bond motifs is 1. The highest BCUT2D eigenvalue weighted by Crippen LogP contribution is 2.43. The molecule has 12 nitrogen and oxygen atoms in total. The molecule has 0 bridgehead atoms. The third kappa shape index (κ3) is 7.13. The van der Waals surface area contributed by atoms with Gasteiger partial charge in [0, 0.05) is 12.8 Å². The van der Waals surface area contributed by atoms with E-state index in [1.54, 1.807) is 4.57 Å². The van der Waals surface area contributed by atoms with E-state index in [1.165, 1.54) is 6.92 Å². The maximum atomic E-state index is 12.8. The summed E-state index contributed by atoms with van der Waals surface area (Å²) < 4.78 is 45.1. The highest BCUT2D eigenvalue weighted by atomic mass is 79.9. The number of hydrogen-bond acceptors (Lipinski definition) is 9. The Morgan fingerprint density at radius 1 is 1.07 bits per heavy atom. The molecule has 4 atom stereocenters. The number of aromatic amines is 1. The summed E-state index contributed by atoms with van der Waals surface area (Å²) in [5, 5.41) is 2.48. The van der Waals surface area contributed by atoms with Gasteiger partial charge in [0.15, 0.2) is 15.9 Å². The Labute approximate surface area is 250 Å². The largest absolute Gasteiger partial charge is 0.376 e. The first-order chi connectivity index (χ1) is 20.1. The number of amides is 1. The molecule has 0 unspecified atom stereocenters. The standard InChI is InChI=1S/C28H30BrN5O7S/c1-17(35)30-28-32-25-23(26(36)33-28)31-27(29)34(25)21-13-22(40-15-19-11-7-4-8-12-19)20(24(21)41-42(2,37)38)16-39-14-18-9-5-3-6-10-18/h3-12,20-22,24H,13-16H2,1-2H3,(H2,30,32,33,35,36)/t20-,21+,22+,24+/m0/s1. The van der Waals surface area contributed by atoms with Gasteiger partial charge in [-0.3, -0.25) is 28.6 Å². The Bertz CT molecular complexity index is 1710. The van der Waals surface area contributed by atoms with Crippen LogP contribution in [0.5, 0.6) is 0 Å². The molecule has 2 aromatic carbocycles. The second kappa shape index (κ2) is 12.8. The van der Waals surface area contributed by atoms with Gasteiger partial charge in [-0.25, -0.2) is 4.98 Å². The number of nitrogens with one attached hydrogen (secondary N) is 2. The minimum Gasteiger partial charge on any atom is -0.376 e. The number of anilines is 1. The van der Waals surface area contributed by atoms with Crippen LogP contribution in [0.1, 0.15) is 30.5 Å². The van der Waals surface area contributed by atoms with E-state index in [1.807, 2.05) is 60.7 Å². The van der Waals surface area contributed by atoms with Crippen LogP contribution in [0.15, 0.2) is 70.2 Å². The number of halogens is 1. The zero-order valence-electron chi connectivity index (χ0n) is 22.9. The molecule has 0 spiro atoms. The Hall–Kier alpha value is -3.43. The van der Waals surface area contributed by atoms with Crippen LogP contribution in [0.25, 0.3) is 11.2 Å². The number of carbonyl (C=O) groups is 1. The van der Waals surface area contributed by atoms with Gasteiger partial charge in [0.25, 0.3) is 15.7 Å². The lowest BCUT2D eigenvalue weighted by molar-refractivity contribution is -0.114. The SMILES string of the molecule is CC(=O)Nc1nc2c(nc(Br)n2[C@@H]2C[C@@H](OCc3ccccc3)[C@H](COCc3ccccc3)[C@H]2OS(C)(=O)=O)c(=O)[nH]1. The Balaban J connectivity index is 1.53. The molecule has 4 aromatic rings. The number of hydrogen-bond donors (Lipinski definition) is 2. The lowest BCUT2D eigenvalue weighted by atomic mass is 10.0. The first kappa shape index (κ1) is 30.0. The van der Waals surface area contributed by atoms with Gasteiger partial charge >= 0.3 is 0 Å². The van der Waals surface area contributed by atoms with Gasteiger partial charge in [-0.05, 0) is 33.5 Å². The van der Waals surface area contributed by atoms with Crippen LogP contribution in [0.4, 0.5) is 5.95 Å². The Kier molecular flexibility index (Phi) is 9.18. The fourth-order valence-corrected chi connectivity index (χ4v) is 6.45. The minimum atomic E-state index is -3.94. The average Bonchev–Trinajstić information content (AvgIpc) is 3.43. The zero-order chi connectivity index (χ0) is 29.9. The molecule has 1 fully saturated rings. The van der Waals surface area contributed by atoms with E-state index < -0.39 is 45.8 Å². The van der Waals surface area contributed by atoms with Crippen molar-refractivity contribution in [2.24, 2.45) is 5.92 Å². The highest BCUT2D eigenvalue weighted by Gasteiger charge is 2.49. The van der Waals surface area contributed by atoms with E-state index in [9.17, 15) is 18.0 Å². The monoisotopic (exact) mass is 659 g/mol. The van der Waals surface area contributed by atoms with Crippen molar-refractivity contribution in [1.29, 1.82) is 0 Å². The molecule has 1 aliphatic carbocycles. The van der Waals surface area contributed by atoms with E-state index >= 15 is 0 Å². The van der Waals surface area contributed by atoms with Crippen LogP contribution < -0.4 is 10.9 Å². The van der Waals surface area contributed by atoms with Gasteiger partial charge in [0.05, 0.1) is 38.2 Å². The Morgan fingerprint density at radius 3 is 2.33 bits per heavy atom. The molecule has 2 aromatic heterocycles. The summed E-state index contributed by atoms with van der Waals surface area (Å²) in [6, 6.07) is 18.6. The van der Waals surface area contributed by atoms with Crippen molar-refractivity contribution >= 4 is 49.1 Å². The van der Waals surface area contributed by atoms with Gasteiger partial charge in [-0.1, -0.05) is 60.7 Å². The van der Waals surface area contributed by atoms with Crippen molar-refractivity contribution in [1.82, 2.24) is 19.5 Å². The second-order valence-corrected chi connectivity index (χ2v) is 12.4. The molecule has 5 rings (SSSR count). The Morgan fingerprint density at radius 2 is 1.71 bits per heavy atom. The molecule has 0 saturated heterocycles. The smallest absolute Gasteiger partial charge is 0.280 e. The molecule has 1 aliphatic rings. The molecule has 0 aliphatic heterocycles. The second-order valence-electron chi connectivity index (χ2n) is 10.1. The van der Waals surface area contributed by atoms with Gasteiger partial charge in [-0.2, -0.15) is 13.4 Å². The third-order valence-electron chi connectivity index (χ3n) is 6.90. The van der Waals surface area contributed by atoms with Crippen molar-refractivity contribution in [3.05, 3.63) is 86.9 Å². The first-order valence-electron chi connectivity index (χ1n) is 13.2. The number of aromatic nitrogens is 4. The first-order valence-corrected chi connectivity index (χ1v) is 15.8. The van der Waals surface area contributed by atoms with Crippen LogP contribution in [0.3, 0.4) is 0 Å². The van der Waals surface area contributed by atoms with Crippen LogP contribution in [-0.2, 0) is 41.8 Å². The lowest BCUT2D eigenvalue weighted by Crippen LogP contribution is -2.35. The maximum absolute atomic E-state index is 12.8. The normalized spacial score (nSPS) is 20.6. The molecule has 2 N–H and O–H groups in total. The summed E-state index contributed by atoms with van der Waals surface area (Å²) >= 11 is 3.43. The highest BCUT2D eigenvalue weighted by molar-refractivity contribution is 9.10. The summed E-state index contributed by atoms with van der Waals surface area (Å²) in [6.07, 6.45) is -0.141. The molecular formula is C28H30BrN5O7S. The number of rotatable bonds is 11. The number of benzene rings is 2. The third-order valence-corrected chi connectivity index (χ3v) is 8.03. The zero-order valence-corrected chi connectivity index (χ0v) is 25.3. The van der Waals surface area contributed by atoms with Gasteiger partial charge < -0.3 is 9.47 Å². The fraction of sp³-hybridized carbons (Fsp3) is 0.357. The number of imidazole rings is 1. The lowest BCUT2D eigenvalue weighted by Gasteiger charge is -2.26. The summed E-state index contributed by atoms with van der Waals surface area (Å²) in [5.74, 6) is -1.00. The fourth-order valence-electron chi connectivity index (χ4n) is 5.17. The molecule has 1 amide bonds. The molecule has 2 heterocycles. The topological polar surface area (TPSA) is 154 Å². The van der Waals surface area contributed by atoms with Crippen molar-refractivity contribution < 1.29 is 26.9 Å². The summed E-state index contributed by atoms with van der Waals surface area (Å²) in [4.78, 5) is 35.7. The average molecular weight is 661 g/mol. The van der Waals surface area contributed by atoms with Crippen molar-refractivity contribution in [3.63, 3.8) is 0 Å². The van der Waals surface area contributed by atoms with Crippen LogP contribution in [0, 0.1) is 5.92 Å². The van der Waals surface area contributed by atoms with E-state index in [0.29, 0.717) is 13.0 Å². The number of nitrogens with zero attached hydrogens (tertiary/aromatic N) is 3. The van der Waals surface area contributed by atoms with Gasteiger partial charge in [0.1, 0.15) is 6.10 Å². The van der Waals surface area contributed by atoms with Crippen LogP contribution in [0.2, 0.25) is 0 Å². The molecule has 14 heteroatoms. The maximum Gasteiger partial charge on any atom is 0.280 e. The van der Waals surface area contributed by atoms with Gasteiger partial charge in [0.2, 0.25) is 11.9 Å². The quantitative estimate of drug-likeness (QED) is 0.182. The van der Waals surface area contributed by atoms with Crippen molar-refractivity contribution in [2.75, 3.05) is 18.2 Å². The number of ether oxygens (including phenoxy) is 2. The molecular weight excluding hydrogens is 630 g/mol. The molecule has 1 saturated carbocycles. The molecule has 42 heavy (non-hydrogen) atoms. The summed E-state index contributed by atoms with van der Waals surface area (Å²) in [5.41, 5.74) is 1.51. The summed E-state index contributed by atoms with van der Waals surface area (Å²) in [7, 11) is -3.94. The van der Waals surface area contributed by atoms with Crippen molar-refractivity contribution in [3.8, 4) is 0 Å². The molecule has 0 radical (unpaired) electrons. The molecule has 222 valence electrons. The van der Waals surface area contributed by atoms with E-state index in [4.69, 9.17) is 13.7 Å². The number of H-pyrrole nitrogens is 1. The van der Waals surface area contributed by atoms with Crippen molar-refractivity contribution in [2.45, 2.75) is 44.8 Å². The minimum absolute atomic E-state index is 0.0135. The van der Waals surface area contributed by atoms with Crippen LogP contribution in [-0.4, -0.2) is 58.9 Å². The van der Waals surface area contributed by atoms with E-state index in [-0.39, 0.29) is 35.1 Å². The van der Waals surface area contributed by atoms with E-state index in [0.717, 1.165) is 17.4 Å².